The average Bonchev–Trinajstić information content (AvgIpc) is 3.21. The van der Waals surface area contributed by atoms with E-state index in [0.717, 1.165) is 37.1 Å². The van der Waals surface area contributed by atoms with E-state index in [4.69, 9.17) is 23.2 Å². The highest BCUT2D eigenvalue weighted by molar-refractivity contribution is 6.35. The fraction of sp³-hybridized carbons (Fsp3) is 0.333. The van der Waals surface area contributed by atoms with Crippen molar-refractivity contribution in [3.05, 3.63) is 87.7 Å². The highest BCUT2D eigenvalue weighted by atomic mass is 35.5. The number of aromatic nitrogens is 2. The van der Waals surface area contributed by atoms with Crippen LogP contribution in [0.4, 0.5) is 4.39 Å². The minimum atomic E-state index is -0.351. The largest absolute Gasteiger partial charge is 0.329 e. The fourth-order valence-electron chi connectivity index (χ4n) is 4.14. The van der Waals surface area contributed by atoms with Crippen molar-refractivity contribution in [2.75, 3.05) is 0 Å². The van der Waals surface area contributed by atoms with E-state index in [2.05, 4.69) is 4.98 Å². The van der Waals surface area contributed by atoms with Crippen LogP contribution in [0.1, 0.15) is 53.8 Å². The number of halogens is 3. The summed E-state index contributed by atoms with van der Waals surface area (Å²) < 4.78 is 15.4. The summed E-state index contributed by atoms with van der Waals surface area (Å²) in [6, 6.07) is 11.3. The number of amides is 1. The van der Waals surface area contributed by atoms with Gasteiger partial charge in [-0.2, -0.15) is 0 Å². The Bertz CT molecular complexity index is 1050. The second-order valence-electron chi connectivity index (χ2n) is 7.94. The van der Waals surface area contributed by atoms with E-state index in [1.165, 1.54) is 18.6 Å². The first kappa shape index (κ1) is 21.8. The first-order valence-electron chi connectivity index (χ1n) is 10.5. The van der Waals surface area contributed by atoms with Crippen molar-refractivity contribution in [3.8, 4) is 0 Å². The molecule has 0 atom stereocenters. The molecule has 0 bridgehead atoms. The molecule has 4 rings (SSSR count). The molecule has 7 heteroatoms. The summed E-state index contributed by atoms with van der Waals surface area (Å²) in [5.41, 5.74) is 1.42. The van der Waals surface area contributed by atoms with Gasteiger partial charge in [-0.05, 0) is 54.8 Å². The van der Waals surface area contributed by atoms with Gasteiger partial charge in [0.1, 0.15) is 11.6 Å². The first-order chi connectivity index (χ1) is 15.0. The third kappa shape index (κ3) is 5.28. The molecule has 0 radical (unpaired) electrons. The van der Waals surface area contributed by atoms with Crippen LogP contribution in [-0.2, 0) is 13.1 Å². The molecule has 4 nitrogen and oxygen atoms in total. The van der Waals surface area contributed by atoms with Crippen LogP contribution in [0.3, 0.4) is 0 Å². The number of rotatable bonds is 6. The maximum atomic E-state index is 13.4. The highest BCUT2D eigenvalue weighted by Crippen LogP contribution is 2.27. The Labute approximate surface area is 191 Å². The predicted molar refractivity (Wildman–Crippen MR) is 121 cm³/mol. The number of hydrogen-bond donors (Lipinski definition) is 0. The van der Waals surface area contributed by atoms with Crippen LogP contribution in [0.15, 0.2) is 54.9 Å². The van der Waals surface area contributed by atoms with Gasteiger partial charge in [0, 0.05) is 34.0 Å². The van der Waals surface area contributed by atoms with Gasteiger partial charge in [0.2, 0.25) is 0 Å². The number of carbonyl (C=O) groups excluding carboxylic acids is 1. The lowest BCUT2D eigenvalue weighted by atomic mass is 9.93. The van der Waals surface area contributed by atoms with Gasteiger partial charge in [-0.15, -0.1) is 0 Å². The minimum absolute atomic E-state index is 0.0917. The molecule has 1 saturated carbocycles. The summed E-state index contributed by atoms with van der Waals surface area (Å²) in [5, 5.41) is 1.19. The van der Waals surface area contributed by atoms with Crippen molar-refractivity contribution < 1.29 is 9.18 Å². The number of benzene rings is 2. The van der Waals surface area contributed by atoms with Crippen LogP contribution in [-0.4, -0.2) is 26.4 Å². The lowest BCUT2D eigenvalue weighted by Crippen LogP contribution is -2.41. The van der Waals surface area contributed by atoms with Crippen LogP contribution >= 0.6 is 23.2 Å². The third-order valence-electron chi connectivity index (χ3n) is 5.84. The SMILES string of the molecule is O=C(c1ccc(F)cc1)N(Cc1nccn1Cc1ccc(Cl)cc1Cl)C1CCCCC1. The van der Waals surface area contributed by atoms with Gasteiger partial charge in [-0.3, -0.25) is 4.79 Å². The van der Waals surface area contributed by atoms with Crippen molar-refractivity contribution in [3.63, 3.8) is 0 Å². The second kappa shape index (κ2) is 9.84. The molecule has 0 spiro atoms. The molecule has 3 aromatic rings. The molecular weight excluding hydrogens is 436 g/mol. The van der Waals surface area contributed by atoms with Gasteiger partial charge in [-0.25, -0.2) is 9.37 Å². The Morgan fingerprint density at radius 3 is 2.55 bits per heavy atom. The lowest BCUT2D eigenvalue weighted by Gasteiger charge is -2.34. The number of hydrogen-bond acceptors (Lipinski definition) is 2. The highest BCUT2D eigenvalue weighted by Gasteiger charge is 2.27. The fourth-order valence-corrected chi connectivity index (χ4v) is 4.61. The maximum Gasteiger partial charge on any atom is 0.254 e. The Balaban J connectivity index is 1.59. The van der Waals surface area contributed by atoms with Gasteiger partial charge < -0.3 is 9.47 Å². The van der Waals surface area contributed by atoms with E-state index >= 15 is 0 Å². The Kier molecular flexibility index (Phi) is 6.93. The normalized spacial score (nSPS) is 14.5. The van der Waals surface area contributed by atoms with Crippen LogP contribution in [0, 0.1) is 5.82 Å². The van der Waals surface area contributed by atoms with E-state index in [1.807, 2.05) is 27.8 Å². The maximum absolute atomic E-state index is 13.4. The van der Waals surface area contributed by atoms with E-state index in [9.17, 15) is 9.18 Å². The van der Waals surface area contributed by atoms with E-state index in [1.54, 1.807) is 24.4 Å². The smallest absolute Gasteiger partial charge is 0.254 e. The Hall–Kier alpha value is -2.37. The Morgan fingerprint density at radius 2 is 1.84 bits per heavy atom. The van der Waals surface area contributed by atoms with E-state index in [-0.39, 0.29) is 17.8 Å². The third-order valence-corrected chi connectivity index (χ3v) is 6.42. The quantitative estimate of drug-likeness (QED) is 0.430. The molecular formula is C24H24Cl2FN3O. The van der Waals surface area contributed by atoms with E-state index < -0.39 is 0 Å². The van der Waals surface area contributed by atoms with Crippen molar-refractivity contribution in [2.45, 2.75) is 51.2 Å². The van der Waals surface area contributed by atoms with Gasteiger partial charge in [-0.1, -0.05) is 48.5 Å². The molecule has 1 amide bonds. The monoisotopic (exact) mass is 459 g/mol. The summed E-state index contributed by atoms with van der Waals surface area (Å²) in [7, 11) is 0. The molecule has 162 valence electrons. The molecule has 1 aliphatic rings. The molecule has 0 unspecified atom stereocenters. The second-order valence-corrected chi connectivity index (χ2v) is 8.78. The molecule has 1 aromatic heterocycles. The molecule has 1 heterocycles. The number of imidazole rings is 1. The molecule has 1 aliphatic carbocycles. The standard InChI is InChI=1S/C24H24Cl2FN3O/c25-19-9-6-18(22(26)14-19)15-29-13-12-28-23(29)16-30(21-4-2-1-3-5-21)24(31)17-7-10-20(27)11-8-17/h6-14,21H,1-5,15-16H2. The predicted octanol–water partition coefficient (Wildman–Crippen LogP) is 6.35. The zero-order valence-electron chi connectivity index (χ0n) is 17.1. The van der Waals surface area contributed by atoms with Gasteiger partial charge >= 0.3 is 0 Å². The topological polar surface area (TPSA) is 38.1 Å². The van der Waals surface area contributed by atoms with E-state index in [0.29, 0.717) is 28.7 Å². The van der Waals surface area contributed by atoms with Crippen LogP contribution in [0.25, 0.3) is 0 Å². The van der Waals surface area contributed by atoms with Crippen molar-refractivity contribution in [2.24, 2.45) is 0 Å². The first-order valence-corrected chi connectivity index (χ1v) is 11.3. The summed E-state index contributed by atoms with van der Waals surface area (Å²) in [5.74, 6) is 0.342. The van der Waals surface area contributed by atoms with Crippen molar-refractivity contribution in [1.29, 1.82) is 0 Å². The number of carbonyl (C=O) groups is 1. The van der Waals surface area contributed by atoms with Crippen LogP contribution in [0.2, 0.25) is 10.0 Å². The molecule has 31 heavy (non-hydrogen) atoms. The minimum Gasteiger partial charge on any atom is -0.329 e. The van der Waals surface area contributed by atoms with Gasteiger partial charge in [0.15, 0.2) is 0 Å². The molecule has 0 N–H and O–H groups in total. The zero-order valence-corrected chi connectivity index (χ0v) is 18.6. The van der Waals surface area contributed by atoms with Crippen molar-refractivity contribution >= 4 is 29.1 Å². The summed E-state index contributed by atoms with van der Waals surface area (Å²) in [6.07, 6.45) is 8.97. The Morgan fingerprint density at radius 1 is 1.10 bits per heavy atom. The molecule has 1 fully saturated rings. The van der Waals surface area contributed by atoms with Crippen molar-refractivity contribution in [1.82, 2.24) is 14.5 Å². The van der Waals surface area contributed by atoms with Crippen LogP contribution in [0.5, 0.6) is 0 Å². The number of nitrogens with zero attached hydrogens (tertiary/aromatic N) is 3. The average molecular weight is 460 g/mol. The van der Waals surface area contributed by atoms with Crippen LogP contribution < -0.4 is 0 Å². The van der Waals surface area contributed by atoms with Gasteiger partial charge in [0.25, 0.3) is 5.91 Å². The summed E-state index contributed by atoms with van der Waals surface area (Å²) >= 11 is 12.4. The summed E-state index contributed by atoms with van der Waals surface area (Å²) in [4.78, 5) is 19.8. The lowest BCUT2D eigenvalue weighted by molar-refractivity contribution is 0.0605. The zero-order chi connectivity index (χ0) is 21.8. The summed E-state index contributed by atoms with van der Waals surface area (Å²) in [6.45, 7) is 0.924. The van der Waals surface area contributed by atoms with Gasteiger partial charge in [0.05, 0.1) is 13.1 Å². The molecule has 2 aromatic carbocycles. The molecule has 0 aliphatic heterocycles. The molecule has 0 saturated heterocycles.